The minimum atomic E-state index is -0.505. The Morgan fingerprint density at radius 1 is 1.09 bits per heavy atom. The van der Waals surface area contributed by atoms with Crippen molar-refractivity contribution in [2.24, 2.45) is 0 Å². The van der Waals surface area contributed by atoms with Gasteiger partial charge in [0.2, 0.25) is 5.91 Å². The molecule has 0 saturated carbocycles. The van der Waals surface area contributed by atoms with E-state index in [4.69, 9.17) is 0 Å². The van der Waals surface area contributed by atoms with Crippen LogP contribution in [0.2, 0.25) is 0 Å². The van der Waals surface area contributed by atoms with Crippen LogP contribution in [-0.4, -0.2) is 23.2 Å². The van der Waals surface area contributed by atoms with E-state index in [0.29, 0.717) is 16.9 Å². The number of Topliss-reactive ketones (excluding diaryl/α,β-unsaturated/α-hetero) is 1. The maximum absolute atomic E-state index is 11.8. The van der Waals surface area contributed by atoms with Crippen LogP contribution in [0.4, 0.5) is 17.1 Å². The highest BCUT2D eigenvalue weighted by Gasteiger charge is 2.07. The van der Waals surface area contributed by atoms with Crippen LogP contribution in [-0.2, 0) is 4.79 Å². The SMILES string of the molecule is CC(=O)c1cccc(NCC(=O)Nc2ccc([N+](=O)[O-])cc2)c1. The van der Waals surface area contributed by atoms with E-state index in [1.165, 1.54) is 31.2 Å². The average molecular weight is 313 g/mol. The molecule has 0 fully saturated rings. The minimum absolute atomic E-state index is 0.0122. The fourth-order valence-electron chi connectivity index (χ4n) is 1.90. The number of nitrogens with one attached hydrogen (secondary N) is 2. The van der Waals surface area contributed by atoms with Crippen molar-refractivity contribution in [2.75, 3.05) is 17.2 Å². The van der Waals surface area contributed by atoms with E-state index in [2.05, 4.69) is 10.6 Å². The fraction of sp³-hybridized carbons (Fsp3) is 0.125. The lowest BCUT2D eigenvalue weighted by Gasteiger charge is -2.08. The molecule has 0 heterocycles. The molecule has 2 aromatic rings. The first-order valence-electron chi connectivity index (χ1n) is 6.85. The molecular weight excluding hydrogens is 298 g/mol. The van der Waals surface area contributed by atoms with Crippen LogP contribution < -0.4 is 10.6 Å². The van der Waals surface area contributed by atoms with Crippen molar-refractivity contribution < 1.29 is 14.5 Å². The Bertz CT molecular complexity index is 741. The molecule has 0 unspecified atom stereocenters. The maximum Gasteiger partial charge on any atom is 0.269 e. The second kappa shape index (κ2) is 7.17. The average Bonchev–Trinajstić information content (AvgIpc) is 2.53. The van der Waals surface area contributed by atoms with Gasteiger partial charge in [0.1, 0.15) is 0 Å². The largest absolute Gasteiger partial charge is 0.376 e. The summed E-state index contributed by atoms with van der Waals surface area (Å²) in [5.41, 5.74) is 1.66. The van der Waals surface area contributed by atoms with Crippen LogP contribution in [0.25, 0.3) is 0 Å². The molecule has 0 aliphatic carbocycles. The maximum atomic E-state index is 11.8. The van der Waals surface area contributed by atoms with E-state index in [1.54, 1.807) is 24.3 Å². The molecule has 2 rings (SSSR count). The van der Waals surface area contributed by atoms with Crippen LogP contribution in [0.3, 0.4) is 0 Å². The number of nitro benzene ring substituents is 1. The van der Waals surface area contributed by atoms with Crippen molar-refractivity contribution in [1.82, 2.24) is 0 Å². The van der Waals surface area contributed by atoms with Gasteiger partial charge in [0.25, 0.3) is 5.69 Å². The predicted octanol–water partition coefficient (Wildman–Crippen LogP) is 2.85. The zero-order chi connectivity index (χ0) is 16.8. The third-order valence-corrected chi connectivity index (χ3v) is 3.08. The lowest BCUT2D eigenvalue weighted by Crippen LogP contribution is -2.21. The summed E-state index contributed by atoms with van der Waals surface area (Å²) < 4.78 is 0. The van der Waals surface area contributed by atoms with Gasteiger partial charge in [-0.25, -0.2) is 0 Å². The number of ketones is 1. The first-order chi connectivity index (χ1) is 11.0. The summed E-state index contributed by atoms with van der Waals surface area (Å²) in [5.74, 6) is -0.351. The Balaban J connectivity index is 1.91. The van der Waals surface area contributed by atoms with Crippen molar-refractivity contribution in [1.29, 1.82) is 0 Å². The quantitative estimate of drug-likeness (QED) is 0.485. The number of carbonyl (C=O) groups is 2. The monoisotopic (exact) mass is 313 g/mol. The van der Waals surface area contributed by atoms with Crippen molar-refractivity contribution in [3.05, 3.63) is 64.2 Å². The Kier molecular flexibility index (Phi) is 5.03. The first-order valence-corrected chi connectivity index (χ1v) is 6.85. The van der Waals surface area contributed by atoms with E-state index >= 15 is 0 Å². The van der Waals surface area contributed by atoms with Crippen LogP contribution in [0.15, 0.2) is 48.5 Å². The number of nitrogens with zero attached hydrogens (tertiary/aromatic N) is 1. The molecule has 118 valence electrons. The van der Waals surface area contributed by atoms with E-state index in [1.807, 2.05) is 0 Å². The summed E-state index contributed by atoms with van der Waals surface area (Å²) in [7, 11) is 0. The molecule has 2 N–H and O–H groups in total. The molecule has 7 nitrogen and oxygen atoms in total. The standard InChI is InChI=1S/C16H15N3O4/c1-11(20)12-3-2-4-14(9-12)17-10-16(21)18-13-5-7-15(8-6-13)19(22)23/h2-9,17H,10H2,1H3,(H,18,21). The number of amides is 1. The van der Waals surface area contributed by atoms with E-state index < -0.39 is 4.92 Å². The van der Waals surface area contributed by atoms with Gasteiger partial charge in [0.15, 0.2) is 5.78 Å². The smallest absolute Gasteiger partial charge is 0.269 e. The second-order valence-electron chi connectivity index (χ2n) is 4.84. The molecular formula is C16H15N3O4. The first kappa shape index (κ1) is 16.2. The topological polar surface area (TPSA) is 101 Å². The Labute approximate surface area is 132 Å². The zero-order valence-corrected chi connectivity index (χ0v) is 12.4. The van der Waals surface area contributed by atoms with Crippen LogP contribution in [0.1, 0.15) is 17.3 Å². The Morgan fingerprint density at radius 2 is 1.78 bits per heavy atom. The van der Waals surface area contributed by atoms with E-state index in [0.717, 1.165) is 0 Å². The van der Waals surface area contributed by atoms with Crippen molar-refractivity contribution in [2.45, 2.75) is 6.92 Å². The highest BCUT2D eigenvalue weighted by Crippen LogP contribution is 2.15. The molecule has 23 heavy (non-hydrogen) atoms. The van der Waals surface area contributed by atoms with Crippen LogP contribution in [0, 0.1) is 10.1 Å². The summed E-state index contributed by atoms with van der Waals surface area (Å²) in [6.45, 7) is 1.48. The van der Waals surface area contributed by atoms with Gasteiger partial charge < -0.3 is 10.6 Å². The van der Waals surface area contributed by atoms with Crippen molar-refractivity contribution in [3.8, 4) is 0 Å². The second-order valence-corrected chi connectivity index (χ2v) is 4.84. The molecule has 0 atom stereocenters. The van der Waals surface area contributed by atoms with Gasteiger partial charge in [0, 0.05) is 29.1 Å². The number of non-ortho nitro benzene ring substituents is 1. The van der Waals surface area contributed by atoms with Gasteiger partial charge in [-0.1, -0.05) is 12.1 Å². The highest BCUT2D eigenvalue weighted by molar-refractivity contribution is 5.96. The van der Waals surface area contributed by atoms with Crippen LogP contribution in [0.5, 0.6) is 0 Å². The lowest BCUT2D eigenvalue weighted by molar-refractivity contribution is -0.384. The lowest BCUT2D eigenvalue weighted by atomic mass is 10.1. The van der Waals surface area contributed by atoms with Gasteiger partial charge in [-0.2, -0.15) is 0 Å². The molecule has 0 radical (unpaired) electrons. The number of hydrogen-bond acceptors (Lipinski definition) is 5. The molecule has 7 heteroatoms. The summed E-state index contributed by atoms with van der Waals surface area (Å²) in [5, 5.41) is 16.1. The number of rotatable bonds is 6. The normalized spacial score (nSPS) is 9.96. The molecule has 0 aliphatic rings. The predicted molar refractivity (Wildman–Crippen MR) is 86.7 cm³/mol. The highest BCUT2D eigenvalue weighted by atomic mass is 16.6. The molecule has 0 spiro atoms. The molecule has 0 aromatic heterocycles. The molecule has 2 aromatic carbocycles. The van der Waals surface area contributed by atoms with Gasteiger partial charge in [-0.05, 0) is 31.2 Å². The molecule has 0 saturated heterocycles. The van der Waals surface area contributed by atoms with E-state index in [-0.39, 0.29) is 23.9 Å². The third-order valence-electron chi connectivity index (χ3n) is 3.08. The molecule has 0 aliphatic heterocycles. The zero-order valence-electron chi connectivity index (χ0n) is 12.4. The summed E-state index contributed by atoms with van der Waals surface area (Å²) in [4.78, 5) is 33.2. The summed E-state index contributed by atoms with van der Waals surface area (Å²) in [6.07, 6.45) is 0. The van der Waals surface area contributed by atoms with Crippen molar-refractivity contribution >= 4 is 28.8 Å². The van der Waals surface area contributed by atoms with E-state index in [9.17, 15) is 19.7 Å². The van der Waals surface area contributed by atoms with Crippen molar-refractivity contribution in [3.63, 3.8) is 0 Å². The fourth-order valence-corrected chi connectivity index (χ4v) is 1.90. The third kappa shape index (κ3) is 4.63. The Hall–Kier alpha value is -3.22. The Morgan fingerprint density at radius 3 is 2.39 bits per heavy atom. The minimum Gasteiger partial charge on any atom is -0.376 e. The van der Waals surface area contributed by atoms with Gasteiger partial charge in [-0.3, -0.25) is 19.7 Å². The summed E-state index contributed by atoms with van der Waals surface area (Å²) >= 11 is 0. The number of hydrogen-bond donors (Lipinski definition) is 2. The molecule has 0 bridgehead atoms. The summed E-state index contributed by atoms with van der Waals surface area (Å²) in [6, 6.07) is 12.4. The van der Waals surface area contributed by atoms with Gasteiger partial charge in [-0.15, -0.1) is 0 Å². The number of carbonyl (C=O) groups excluding carboxylic acids is 2. The van der Waals surface area contributed by atoms with Gasteiger partial charge in [0.05, 0.1) is 11.5 Å². The van der Waals surface area contributed by atoms with Crippen LogP contribution >= 0.6 is 0 Å². The van der Waals surface area contributed by atoms with Gasteiger partial charge >= 0.3 is 0 Å². The molecule has 1 amide bonds. The number of benzene rings is 2. The number of anilines is 2. The number of nitro groups is 1.